The number of nitrogens with zero attached hydrogens (tertiary/aromatic N) is 2. The number of aliphatic imine (C=N–C) groups is 1. The van der Waals surface area contributed by atoms with Gasteiger partial charge in [0.1, 0.15) is 0 Å². The largest absolute Gasteiger partial charge is 0.356 e. The normalized spacial score (nSPS) is 21.5. The van der Waals surface area contributed by atoms with Gasteiger partial charge in [-0.05, 0) is 43.8 Å². The van der Waals surface area contributed by atoms with E-state index in [0.717, 1.165) is 25.6 Å². The van der Waals surface area contributed by atoms with E-state index in [1.165, 1.54) is 30.6 Å². The molecule has 6 heteroatoms. The van der Waals surface area contributed by atoms with Gasteiger partial charge in [-0.1, -0.05) is 30.3 Å². The highest BCUT2D eigenvalue weighted by Gasteiger charge is 2.25. The molecular formula is C19H33IN4S. The molecule has 2 N–H and O–H groups in total. The van der Waals surface area contributed by atoms with E-state index in [4.69, 9.17) is 0 Å². The standard InChI is InChI=1S/C19H32N4S.HI/c1-16-14-18(22-19(20-2)21-11-7-13-24-3)10-12-23(16)15-17-8-5-4-6-9-17;/h4-6,8-9,16,18H,7,10-15H2,1-3H3,(H2,20,21,22);1H. The molecule has 0 spiro atoms. The zero-order valence-electron chi connectivity index (χ0n) is 15.7. The first-order valence-corrected chi connectivity index (χ1v) is 10.4. The fourth-order valence-corrected chi connectivity index (χ4v) is 3.65. The minimum absolute atomic E-state index is 0. The Hall–Kier alpha value is -0.470. The van der Waals surface area contributed by atoms with E-state index in [1.54, 1.807) is 0 Å². The first-order chi connectivity index (χ1) is 11.7. The van der Waals surface area contributed by atoms with Gasteiger partial charge in [0.05, 0.1) is 0 Å². The molecule has 2 rings (SSSR count). The van der Waals surface area contributed by atoms with E-state index >= 15 is 0 Å². The summed E-state index contributed by atoms with van der Waals surface area (Å²) in [6.07, 6.45) is 5.66. The molecule has 2 unspecified atom stereocenters. The predicted octanol–water partition coefficient (Wildman–Crippen LogP) is 3.58. The van der Waals surface area contributed by atoms with Crippen LogP contribution in [0.3, 0.4) is 0 Å². The summed E-state index contributed by atoms with van der Waals surface area (Å²) in [5.41, 5.74) is 1.40. The minimum atomic E-state index is 0. The fourth-order valence-electron chi connectivity index (χ4n) is 3.22. The van der Waals surface area contributed by atoms with Crippen molar-refractivity contribution in [2.75, 3.05) is 32.1 Å². The maximum absolute atomic E-state index is 4.37. The monoisotopic (exact) mass is 476 g/mol. The Kier molecular flexibility index (Phi) is 11.6. The molecule has 0 amide bonds. The first-order valence-electron chi connectivity index (χ1n) is 8.97. The van der Waals surface area contributed by atoms with Crippen LogP contribution in [0.5, 0.6) is 0 Å². The average Bonchev–Trinajstić information content (AvgIpc) is 2.61. The van der Waals surface area contributed by atoms with Crippen LogP contribution in [0.1, 0.15) is 31.7 Å². The van der Waals surface area contributed by atoms with Gasteiger partial charge in [0, 0.05) is 38.8 Å². The van der Waals surface area contributed by atoms with Gasteiger partial charge in [0.25, 0.3) is 0 Å². The Morgan fingerprint density at radius 2 is 2.08 bits per heavy atom. The lowest BCUT2D eigenvalue weighted by Gasteiger charge is -2.38. The molecule has 1 aromatic rings. The summed E-state index contributed by atoms with van der Waals surface area (Å²) in [7, 11) is 1.86. The summed E-state index contributed by atoms with van der Waals surface area (Å²) < 4.78 is 0. The number of hydrogen-bond donors (Lipinski definition) is 2. The number of likely N-dealkylation sites (tertiary alicyclic amines) is 1. The maximum atomic E-state index is 4.37. The molecule has 25 heavy (non-hydrogen) atoms. The van der Waals surface area contributed by atoms with Crippen molar-refractivity contribution in [3.05, 3.63) is 35.9 Å². The summed E-state index contributed by atoms with van der Waals surface area (Å²) in [6, 6.07) is 11.9. The Morgan fingerprint density at radius 1 is 1.32 bits per heavy atom. The van der Waals surface area contributed by atoms with Crippen molar-refractivity contribution in [1.82, 2.24) is 15.5 Å². The van der Waals surface area contributed by atoms with Gasteiger partial charge in [-0.25, -0.2) is 0 Å². The van der Waals surface area contributed by atoms with Gasteiger partial charge in [-0.2, -0.15) is 11.8 Å². The molecule has 0 aliphatic carbocycles. The van der Waals surface area contributed by atoms with Crippen LogP contribution in [0.4, 0.5) is 0 Å². The highest BCUT2D eigenvalue weighted by atomic mass is 127. The number of thioether (sulfide) groups is 1. The van der Waals surface area contributed by atoms with Crippen LogP contribution in [0.25, 0.3) is 0 Å². The van der Waals surface area contributed by atoms with Crippen molar-refractivity contribution in [2.45, 2.75) is 44.8 Å². The smallest absolute Gasteiger partial charge is 0.191 e. The quantitative estimate of drug-likeness (QED) is 0.273. The molecule has 4 nitrogen and oxygen atoms in total. The van der Waals surface area contributed by atoms with E-state index in [-0.39, 0.29) is 24.0 Å². The van der Waals surface area contributed by atoms with Gasteiger partial charge in [0.15, 0.2) is 5.96 Å². The minimum Gasteiger partial charge on any atom is -0.356 e. The second-order valence-electron chi connectivity index (χ2n) is 6.52. The van der Waals surface area contributed by atoms with Crippen LogP contribution in [0.2, 0.25) is 0 Å². The number of hydrogen-bond acceptors (Lipinski definition) is 3. The van der Waals surface area contributed by atoms with Crippen molar-refractivity contribution in [1.29, 1.82) is 0 Å². The Balaban J connectivity index is 0.00000312. The summed E-state index contributed by atoms with van der Waals surface area (Å²) >= 11 is 1.89. The third-order valence-corrected chi connectivity index (χ3v) is 5.32. The lowest BCUT2D eigenvalue weighted by molar-refractivity contribution is 0.134. The Morgan fingerprint density at radius 3 is 2.72 bits per heavy atom. The molecular weight excluding hydrogens is 443 g/mol. The maximum Gasteiger partial charge on any atom is 0.191 e. The van der Waals surface area contributed by atoms with Gasteiger partial charge in [-0.15, -0.1) is 24.0 Å². The van der Waals surface area contributed by atoms with Gasteiger partial charge >= 0.3 is 0 Å². The molecule has 0 radical (unpaired) electrons. The number of guanidine groups is 1. The lowest BCUT2D eigenvalue weighted by atomic mass is 9.97. The molecule has 1 aliphatic rings. The molecule has 1 aromatic carbocycles. The average molecular weight is 476 g/mol. The molecule has 1 heterocycles. The predicted molar refractivity (Wildman–Crippen MR) is 122 cm³/mol. The number of benzene rings is 1. The summed E-state index contributed by atoms with van der Waals surface area (Å²) in [6.45, 7) is 5.52. The lowest BCUT2D eigenvalue weighted by Crippen LogP contribution is -2.51. The number of rotatable bonds is 7. The van der Waals surface area contributed by atoms with Crippen molar-refractivity contribution in [2.24, 2.45) is 4.99 Å². The van der Waals surface area contributed by atoms with E-state index in [0.29, 0.717) is 12.1 Å². The summed E-state index contributed by atoms with van der Waals surface area (Å²) in [5, 5.41) is 7.03. The second-order valence-corrected chi connectivity index (χ2v) is 7.50. The van der Waals surface area contributed by atoms with E-state index in [1.807, 2.05) is 18.8 Å². The van der Waals surface area contributed by atoms with Crippen LogP contribution in [-0.4, -0.2) is 55.1 Å². The molecule has 2 atom stereocenters. The third kappa shape index (κ3) is 8.17. The zero-order valence-corrected chi connectivity index (χ0v) is 18.8. The Bertz CT molecular complexity index is 497. The summed E-state index contributed by atoms with van der Waals surface area (Å²) in [4.78, 5) is 6.95. The molecule has 0 bridgehead atoms. The van der Waals surface area contributed by atoms with Gasteiger partial charge in [-0.3, -0.25) is 9.89 Å². The first kappa shape index (κ1) is 22.6. The topological polar surface area (TPSA) is 39.7 Å². The van der Waals surface area contributed by atoms with Gasteiger partial charge in [0.2, 0.25) is 0 Å². The molecule has 0 aromatic heterocycles. The van der Waals surface area contributed by atoms with Crippen molar-refractivity contribution in [3.8, 4) is 0 Å². The number of halogens is 1. The third-order valence-electron chi connectivity index (χ3n) is 4.62. The number of nitrogens with one attached hydrogen (secondary N) is 2. The highest BCUT2D eigenvalue weighted by Crippen LogP contribution is 2.19. The van der Waals surface area contributed by atoms with Crippen LogP contribution < -0.4 is 10.6 Å². The van der Waals surface area contributed by atoms with Gasteiger partial charge < -0.3 is 10.6 Å². The molecule has 1 fully saturated rings. The fraction of sp³-hybridized carbons (Fsp3) is 0.632. The molecule has 0 saturated carbocycles. The highest BCUT2D eigenvalue weighted by molar-refractivity contribution is 14.0. The van der Waals surface area contributed by atoms with Crippen LogP contribution in [0, 0.1) is 0 Å². The van der Waals surface area contributed by atoms with E-state index in [9.17, 15) is 0 Å². The van der Waals surface area contributed by atoms with Crippen molar-refractivity contribution in [3.63, 3.8) is 0 Å². The summed E-state index contributed by atoms with van der Waals surface area (Å²) in [5.74, 6) is 2.14. The molecule has 1 saturated heterocycles. The van der Waals surface area contributed by atoms with Crippen LogP contribution in [-0.2, 0) is 6.54 Å². The molecule has 142 valence electrons. The molecule has 1 aliphatic heterocycles. The van der Waals surface area contributed by atoms with Crippen LogP contribution >= 0.6 is 35.7 Å². The van der Waals surface area contributed by atoms with Crippen molar-refractivity contribution >= 4 is 41.7 Å². The van der Waals surface area contributed by atoms with Crippen LogP contribution in [0.15, 0.2) is 35.3 Å². The number of piperidine rings is 1. The Labute approximate surface area is 174 Å². The SMILES string of the molecule is CN=C(NCCCSC)NC1CCN(Cc2ccccc2)C(C)C1.I. The van der Waals surface area contributed by atoms with E-state index < -0.39 is 0 Å². The van der Waals surface area contributed by atoms with E-state index in [2.05, 4.69) is 64.0 Å². The second kappa shape index (κ2) is 12.8. The zero-order chi connectivity index (χ0) is 17.2. The van der Waals surface area contributed by atoms with Crippen molar-refractivity contribution < 1.29 is 0 Å².